The summed E-state index contributed by atoms with van der Waals surface area (Å²) in [4.78, 5) is 4.86. The Bertz CT molecular complexity index is 1070. The smallest absolute Gasteiger partial charge is 0.227 e. The summed E-state index contributed by atoms with van der Waals surface area (Å²) in [7, 11) is 0. The summed E-state index contributed by atoms with van der Waals surface area (Å²) in [6.45, 7) is 8.82. The van der Waals surface area contributed by atoms with Crippen LogP contribution in [-0.2, 0) is 5.41 Å². The van der Waals surface area contributed by atoms with Crippen molar-refractivity contribution in [1.82, 2.24) is 4.98 Å². The third-order valence-corrected chi connectivity index (χ3v) is 4.82. The minimum Gasteiger partial charge on any atom is -0.436 e. The maximum Gasteiger partial charge on any atom is 0.227 e. The fourth-order valence-corrected chi connectivity index (χ4v) is 3.25. The zero-order valence-corrected chi connectivity index (χ0v) is 15.7. The van der Waals surface area contributed by atoms with Crippen molar-refractivity contribution in [2.24, 2.45) is 0 Å². The van der Waals surface area contributed by atoms with E-state index in [4.69, 9.17) is 9.40 Å². The lowest BCUT2D eigenvalue weighted by atomic mass is 9.84. The van der Waals surface area contributed by atoms with Crippen molar-refractivity contribution in [3.63, 3.8) is 0 Å². The molecule has 0 saturated heterocycles. The molecule has 0 radical (unpaired) electrons. The van der Waals surface area contributed by atoms with Gasteiger partial charge in [0.25, 0.3) is 0 Å². The standard InChI is InChI=1S/C24H23NO/c1-16-10-8-9-13-19(16)20-14-18(24(2,3)4)15-21-22(20)25-23(26-21)17-11-6-5-7-12-17/h5-15H,1-4H3. The van der Waals surface area contributed by atoms with Crippen LogP contribution in [0.5, 0.6) is 0 Å². The molecule has 0 fully saturated rings. The highest BCUT2D eigenvalue weighted by molar-refractivity contribution is 5.93. The molecule has 0 aliphatic rings. The van der Waals surface area contributed by atoms with Crippen molar-refractivity contribution in [1.29, 1.82) is 0 Å². The van der Waals surface area contributed by atoms with Gasteiger partial charge in [-0.25, -0.2) is 4.98 Å². The number of fused-ring (bicyclic) bond motifs is 1. The Morgan fingerprint density at radius 3 is 2.19 bits per heavy atom. The number of aryl methyl sites for hydroxylation is 1. The van der Waals surface area contributed by atoms with Crippen LogP contribution in [0.2, 0.25) is 0 Å². The molecule has 2 nitrogen and oxygen atoms in total. The minimum atomic E-state index is 0.0331. The second-order valence-electron chi connectivity index (χ2n) is 7.82. The Labute approximate surface area is 154 Å². The molecule has 0 bridgehead atoms. The first-order valence-corrected chi connectivity index (χ1v) is 9.00. The van der Waals surface area contributed by atoms with Crippen LogP contribution in [0.3, 0.4) is 0 Å². The Kier molecular flexibility index (Phi) is 3.91. The summed E-state index contributed by atoms with van der Waals surface area (Å²) in [6, 6.07) is 22.9. The maximum absolute atomic E-state index is 6.18. The van der Waals surface area contributed by atoms with Gasteiger partial charge in [0, 0.05) is 11.1 Å². The van der Waals surface area contributed by atoms with Crippen LogP contribution < -0.4 is 0 Å². The van der Waals surface area contributed by atoms with Gasteiger partial charge < -0.3 is 4.42 Å². The van der Waals surface area contributed by atoms with Gasteiger partial charge in [-0.15, -0.1) is 0 Å². The van der Waals surface area contributed by atoms with E-state index in [1.54, 1.807) is 0 Å². The number of hydrogen-bond donors (Lipinski definition) is 0. The lowest BCUT2D eigenvalue weighted by Gasteiger charge is -2.20. The van der Waals surface area contributed by atoms with Gasteiger partial charge in [-0.05, 0) is 53.3 Å². The molecule has 0 spiro atoms. The van der Waals surface area contributed by atoms with E-state index < -0.39 is 0 Å². The molecule has 1 heterocycles. The van der Waals surface area contributed by atoms with Crippen molar-refractivity contribution in [3.8, 4) is 22.6 Å². The Hall–Kier alpha value is -2.87. The lowest BCUT2D eigenvalue weighted by Crippen LogP contribution is -2.11. The second kappa shape index (κ2) is 6.14. The average molecular weight is 341 g/mol. The molecule has 0 unspecified atom stereocenters. The molecule has 1 aromatic heterocycles. The van der Waals surface area contributed by atoms with Gasteiger partial charge in [0.2, 0.25) is 5.89 Å². The summed E-state index contributed by atoms with van der Waals surface area (Å²) in [5, 5.41) is 0. The van der Waals surface area contributed by atoms with E-state index in [1.165, 1.54) is 16.7 Å². The van der Waals surface area contributed by atoms with E-state index in [1.807, 2.05) is 30.3 Å². The van der Waals surface area contributed by atoms with Crippen LogP contribution in [0.4, 0.5) is 0 Å². The molecule has 0 N–H and O–H groups in total. The minimum absolute atomic E-state index is 0.0331. The molecule has 26 heavy (non-hydrogen) atoms. The highest BCUT2D eigenvalue weighted by Gasteiger charge is 2.21. The van der Waals surface area contributed by atoms with Gasteiger partial charge >= 0.3 is 0 Å². The number of aromatic nitrogens is 1. The Morgan fingerprint density at radius 1 is 0.808 bits per heavy atom. The van der Waals surface area contributed by atoms with E-state index in [0.29, 0.717) is 5.89 Å². The maximum atomic E-state index is 6.18. The van der Waals surface area contributed by atoms with Crippen molar-refractivity contribution < 1.29 is 4.42 Å². The number of rotatable bonds is 2. The Balaban J connectivity index is 2.02. The van der Waals surface area contributed by atoms with Gasteiger partial charge in [0.1, 0.15) is 5.52 Å². The van der Waals surface area contributed by atoms with Gasteiger partial charge in [0.05, 0.1) is 0 Å². The molecular weight excluding hydrogens is 318 g/mol. The van der Waals surface area contributed by atoms with E-state index in [2.05, 4.69) is 64.1 Å². The summed E-state index contributed by atoms with van der Waals surface area (Å²) >= 11 is 0. The highest BCUT2D eigenvalue weighted by atomic mass is 16.3. The predicted molar refractivity (Wildman–Crippen MR) is 108 cm³/mol. The average Bonchev–Trinajstić information content (AvgIpc) is 3.06. The van der Waals surface area contributed by atoms with Gasteiger partial charge in [0.15, 0.2) is 5.58 Å². The monoisotopic (exact) mass is 341 g/mol. The largest absolute Gasteiger partial charge is 0.436 e. The highest BCUT2D eigenvalue weighted by Crippen LogP contribution is 2.37. The molecule has 3 aromatic carbocycles. The zero-order valence-electron chi connectivity index (χ0n) is 15.7. The first-order valence-electron chi connectivity index (χ1n) is 9.00. The molecule has 0 amide bonds. The van der Waals surface area contributed by atoms with Gasteiger partial charge in [-0.1, -0.05) is 63.2 Å². The third-order valence-electron chi connectivity index (χ3n) is 4.82. The lowest BCUT2D eigenvalue weighted by molar-refractivity contribution is 0.584. The van der Waals surface area contributed by atoms with E-state index in [0.717, 1.165) is 22.2 Å². The van der Waals surface area contributed by atoms with Gasteiger partial charge in [-0.2, -0.15) is 0 Å². The third kappa shape index (κ3) is 2.92. The summed E-state index contributed by atoms with van der Waals surface area (Å²) < 4.78 is 6.18. The number of oxazole rings is 1. The second-order valence-corrected chi connectivity index (χ2v) is 7.82. The normalized spacial score (nSPS) is 11.8. The SMILES string of the molecule is Cc1ccccc1-c1cc(C(C)(C)C)cc2oc(-c3ccccc3)nc12. The molecule has 0 aliphatic heterocycles. The van der Waals surface area contributed by atoms with Crippen LogP contribution in [0.25, 0.3) is 33.7 Å². The molecule has 130 valence electrons. The fraction of sp³-hybridized carbons (Fsp3) is 0.208. The summed E-state index contributed by atoms with van der Waals surface area (Å²) in [6.07, 6.45) is 0. The first-order chi connectivity index (χ1) is 12.4. The molecule has 4 aromatic rings. The Morgan fingerprint density at radius 2 is 1.50 bits per heavy atom. The molecule has 0 saturated carbocycles. The fourth-order valence-electron chi connectivity index (χ4n) is 3.25. The predicted octanol–water partition coefficient (Wildman–Crippen LogP) is 6.77. The first kappa shape index (κ1) is 16.6. The molecule has 2 heteroatoms. The van der Waals surface area contributed by atoms with Crippen LogP contribution in [0, 0.1) is 6.92 Å². The van der Waals surface area contributed by atoms with E-state index in [9.17, 15) is 0 Å². The topological polar surface area (TPSA) is 26.0 Å². The van der Waals surface area contributed by atoms with Crippen molar-refractivity contribution in [2.45, 2.75) is 33.1 Å². The van der Waals surface area contributed by atoms with Crippen LogP contribution in [0.1, 0.15) is 31.9 Å². The van der Waals surface area contributed by atoms with Crippen molar-refractivity contribution in [2.75, 3.05) is 0 Å². The van der Waals surface area contributed by atoms with Crippen molar-refractivity contribution in [3.05, 3.63) is 77.9 Å². The van der Waals surface area contributed by atoms with Crippen LogP contribution in [0.15, 0.2) is 71.1 Å². The molecule has 4 rings (SSSR count). The summed E-state index contributed by atoms with van der Waals surface area (Å²) in [5.41, 5.74) is 7.62. The number of hydrogen-bond acceptors (Lipinski definition) is 2. The molecule has 0 atom stereocenters. The van der Waals surface area contributed by atoms with Crippen LogP contribution in [-0.4, -0.2) is 4.98 Å². The zero-order chi connectivity index (χ0) is 18.3. The quantitative estimate of drug-likeness (QED) is 0.402. The number of benzene rings is 3. The number of nitrogens with zero attached hydrogens (tertiary/aromatic N) is 1. The van der Waals surface area contributed by atoms with E-state index in [-0.39, 0.29) is 5.41 Å². The van der Waals surface area contributed by atoms with Gasteiger partial charge in [-0.3, -0.25) is 0 Å². The molecule has 0 aliphatic carbocycles. The van der Waals surface area contributed by atoms with Crippen molar-refractivity contribution >= 4 is 11.1 Å². The molecular formula is C24H23NO. The van der Waals surface area contributed by atoms with E-state index >= 15 is 0 Å². The summed E-state index contributed by atoms with van der Waals surface area (Å²) in [5.74, 6) is 0.668. The van der Waals surface area contributed by atoms with Crippen LogP contribution >= 0.6 is 0 Å².